The first-order chi connectivity index (χ1) is 15.1. The monoisotopic (exact) mass is 415 g/mol. The number of rotatable bonds is 4. The van der Waals surface area contributed by atoms with Crippen molar-refractivity contribution in [2.45, 2.75) is 13.0 Å². The molecule has 2 aromatic carbocycles. The van der Waals surface area contributed by atoms with Gasteiger partial charge in [0.05, 0.1) is 28.9 Å². The Morgan fingerprint density at radius 1 is 1.10 bits per heavy atom. The van der Waals surface area contributed by atoms with Crippen LogP contribution in [0.1, 0.15) is 16.1 Å². The quantitative estimate of drug-likeness (QED) is 0.499. The number of hydrogen-bond acceptors (Lipinski definition) is 6. The van der Waals surface area contributed by atoms with Crippen LogP contribution in [0.2, 0.25) is 0 Å². The van der Waals surface area contributed by atoms with E-state index in [4.69, 9.17) is 14.0 Å². The van der Waals surface area contributed by atoms with Gasteiger partial charge in [-0.1, -0.05) is 47.6 Å². The molecule has 1 atom stereocenters. The van der Waals surface area contributed by atoms with E-state index in [1.54, 1.807) is 18.0 Å². The number of aromatic nitrogens is 2. The average Bonchev–Trinajstić information content (AvgIpc) is 3.19. The summed E-state index contributed by atoms with van der Waals surface area (Å²) in [5.41, 5.74) is 3.04. The van der Waals surface area contributed by atoms with Crippen molar-refractivity contribution in [2.24, 2.45) is 0 Å². The molecule has 1 amide bonds. The first-order valence-corrected chi connectivity index (χ1v) is 10.1. The maximum Gasteiger partial charge on any atom is 0.259 e. The molecule has 3 heterocycles. The molecule has 4 aromatic rings. The molecule has 0 saturated carbocycles. The number of carbonyl (C=O) groups excluding carboxylic acids is 1. The van der Waals surface area contributed by atoms with E-state index in [1.807, 2.05) is 61.5 Å². The van der Waals surface area contributed by atoms with Gasteiger partial charge in [0.15, 0.2) is 17.6 Å². The van der Waals surface area contributed by atoms with Crippen LogP contribution in [0.25, 0.3) is 22.4 Å². The number of aryl methyl sites for hydroxylation is 1. The fourth-order valence-electron chi connectivity index (χ4n) is 3.77. The van der Waals surface area contributed by atoms with E-state index in [-0.39, 0.29) is 12.0 Å². The van der Waals surface area contributed by atoms with Gasteiger partial charge in [0.2, 0.25) is 0 Å². The summed E-state index contributed by atoms with van der Waals surface area (Å²) in [7, 11) is 1.75. The topological polar surface area (TPSA) is 77.7 Å². The third kappa shape index (κ3) is 3.59. The highest BCUT2D eigenvalue weighted by Gasteiger charge is 2.26. The number of likely N-dealkylation sites (N-methyl/N-ethyl adjacent to an activating group) is 1. The van der Waals surface area contributed by atoms with Gasteiger partial charge in [0.25, 0.3) is 11.6 Å². The highest BCUT2D eigenvalue weighted by atomic mass is 16.6. The minimum Gasteiger partial charge on any atom is -0.486 e. The summed E-state index contributed by atoms with van der Waals surface area (Å²) < 4.78 is 17.2. The summed E-state index contributed by atoms with van der Waals surface area (Å²) in [5, 5.41) is 4.65. The lowest BCUT2D eigenvalue weighted by Crippen LogP contribution is -2.41. The number of ether oxygens (including phenoxy) is 2. The first kappa shape index (κ1) is 19.1. The van der Waals surface area contributed by atoms with Gasteiger partial charge >= 0.3 is 0 Å². The molecular weight excluding hydrogens is 394 g/mol. The standard InChI is InChI=1S/C24H21N3O4/c1-15-22-18(12-19(25-23(22)31-26-15)16-8-4-3-5-9-16)24(28)27(2)13-17-14-29-20-10-6-7-11-21(20)30-17/h3-12,17H,13-14H2,1-2H3/t17-/m0/s1. The molecule has 156 valence electrons. The Balaban J connectivity index is 1.44. The summed E-state index contributed by atoms with van der Waals surface area (Å²) >= 11 is 0. The predicted molar refractivity (Wildman–Crippen MR) is 115 cm³/mol. The van der Waals surface area contributed by atoms with Crippen LogP contribution < -0.4 is 9.47 Å². The van der Waals surface area contributed by atoms with Crippen LogP contribution in [0.5, 0.6) is 11.5 Å². The van der Waals surface area contributed by atoms with E-state index in [1.165, 1.54) is 0 Å². The van der Waals surface area contributed by atoms with Gasteiger partial charge in [-0.3, -0.25) is 4.79 Å². The third-order valence-electron chi connectivity index (χ3n) is 5.31. The zero-order chi connectivity index (χ0) is 21.4. The van der Waals surface area contributed by atoms with Crippen molar-refractivity contribution in [1.82, 2.24) is 15.0 Å². The van der Waals surface area contributed by atoms with E-state index in [0.717, 1.165) is 11.3 Å². The molecule has 0 unspecified atom stereocenters. The van der Waals surface area contributed by atoms with Crippen LogP contribution in [0, 0.1) is 6.92 Å². The van der Waals surface area contributed by atoms with Crippen molar-refractivity contribution < 1.29 is 18.8 Å². The summed E-state index contributed by atoms with van der Waals surface area (Å²) in [4.78, 5) is 19.6. The molecule has 1 aliphatic rings. The number of amides is 1. The van der Waals surface area contributed by atoms with Gasteiger partial charge in [-0.15, -0.1) is 0 Å². The van der Waals surface area contributed by atoms with Crippen molar-refractivity contribution in [2.75, 3.05) is 20.2 Å². The molecule has 1 aliphatic heterocycles. The lowest BCUT2D eigenvalue weighted by molar-refractivity contribution is 0.0522. The highest BCUT2D eigenvalue weighted by Crippen LogP contribution is 2.31. The number of para-hydroxylation sites is 2. The Morgan fingerprint density at radius 3 is 2.65 bits per heavy atom. The van der Waals surface area contributed by atoms with E-state index >= 15 is 0 Å². The zero-order valence-corrected chi connectivity index (χ0v) is 17.2. The maximum atomic E-state index is 13.4. The molecule has 5 rings (SSSR count). The van der Waals surface area contributed by atoms with Crippen molar-refractivity contribution >= 4 is 17.0 Å². The van der Waals surface area contributed by atoms with Crippen LogP contribution in [0.3, 0.4) is 0 Å². The predicted octanol–water partition coefficient (Wildman–Crippen LogP) is 4.11. The molecule has 0 radical (unpaired) electrons. The van der Waals surface area contributed by atoms with Crippen LogP contribution in [0.4, 0.5) is 0 Å². The molecule has 0 spiro atoms. The number of nitrogens with zero attached hydrogens (tertiary/aromatic N) is 3. The third-order valence-corrected chi connectivity index (χ3v) is 5.31. The van der Waals surface area contributed by atoms with Crippen LogP contribution in [0.15, 0.2) is 65.2 Å². The summed E-state index contributed by atoms with van der Waals surface area (Å²) in [6.45, 7) is 2.56. The van der Waals surface area contributed by atoms with Gasteiger partial charge in [-0.25, -0.2) is 4.98 Å². The number of fused-ring (bicyclic) bond motifs is 2. The molecule has 0 N–H and O–H groups in total. The molecule has 0 bridgehead atoms. The maximum absolute atomic E-state index is 13.4. The first-order valence-electron chi connectivity index (χ1n) is 10.1. The molecule has 0 fully saturated rings. The molecule has 31 heavy (non-hydrogen) atoms. The molecule has 7 nitrogen and oxygen atoms in total. The van der Waals surface area contributed by atoms with Crippen molar-refractivity contribution in [3.63, 3.8) is 0 Å². The molecular formula is C24H21N3O4. The number of pyridine rings is 1. The second kappa shape index (κ2) is 7.75. The largest absolute Gasteiger partial charge is 0.486 e. The van der Waals surface area contributed by atoms with Crippen molar-refractivity contribution in [1.29, 1.82) is 0 Å². The highest BCUT2D eigenvalue weighted by molar-refractivity contribution is 6.06. The molecule has 0 saturated heterocycles. The summed E-state index contributed by atoms with van der Waals surface area (Å²) in [6.07, 6.45) is -0.265. The van der Waals surface area contributed by atoms with Crippen molar-refractivity contribution in [3.05, 3.63) is 71.9 Å². The normalized spacial score (nSPS) is 15.1. The van der Waals surface area contributed by atoms with E-state index in [9.17, 15) is 4.79 Å². The molecule has 2 aromatic heterocycles. The summed E-state index contributed by atoms with van der Waals surface area (Å²) in [5.74, 6) is 1.25. The lowest BCUT2D eigenvalue weighted by Gasteiger charge is -2.29. The van der Waals surface area contributed by atoms with Crippen LogP contribution >= 0.6 is 0 Å². The van der Waals surface area contributed by atoms with Gasteiger partial charge in [0, 0.05) is 12.6 Å². The Bertz CT molecular complexity index is 1250. The second-order valence-electron chi connectivity index (χ2n) is 7.55. The van der Waals surface area contributed by atoms with E-state index in [2.05, 4.69) is 10.1 Å². The zero-order valence-electron chi connectivity index (χ0n) is 17.2. The van der Waals surface area contributed by atoms with Crippen molar-refractivity contribution in [3.8, 4) is 22.8 Å². The molecule has 7 heteroatoms. The number of hydrogen-bond donors (Lipinski definition) is 0. The fourth-order valence-corrected chi connectivity index (χ4v) is 3.77. The number of benzene rings is 2. The Morgan fingerprint density at radius 2 is 1.84 bits per heavy atom. The molecule has 0 aliphatic carbocycles. The van der Waals surface area contributed by atoms with Gasteiger partial charge < -0.3 is 18.9 Å². The average molecular weight is 415 g/mol. The van der Waals surface area contributed by atoms with E-state index < -0.39 is 0 Å². The van der Waals surface area contributed by atoms with Gasteiger partial charge in [-0.05, 0) is 25.1 Å². The van der Waals surface area contributed by atoms with Crippen LogP contribution in [-0.4, -0.2) is 47.3 Å². The Kier molecular flexibility index (Phi) is 4.78. The van der Waals surface area contributed by atoms with Crippen LogP contribution in [-0.2, 0) is 0 Å². The summed E-state index contributed by atoms with van der Waals surface area (Å²) in [6, 6.07) is 19.0. The minimum atomic E-state index is -0.265. The fraction of sp³-hybridized carbons (Fsp3) is 0.208. The number of carbonyl (C=O) groups is 1. The SMILES string of the molecule is Cc1noc2nc(-c3ccccc3)cc(C(=O)N(C)C[C@H]3COc4ccccc4O3)c12. The Hall–Kier alpha value is -3.87. The van der Waals surface area contributed by atoms with E-state index in [0.29, 0.717) is 47.0 Å². The minimum absolute atomic E-state index is 0.154. The second-order valence-corrected chi connectivity index (χ2v) is 7.55. The Labute approximate surface area is 179 Å². The smallest absolute Gasteiger partial charge is 0.259 e. The lowest BCUT2D eigenvalue weighted by atomic mass is 10.0. The van der Waals surface area contributed by atoms with Gasteiger partial charge in [0.1, 0.15) is 6.61 Å². The van der Waals surface area contributed by atoms with Gasteiger partial charge in [-0.2, -0.15) is 0 Å².